The molecule has 0 amide bonds. The molecular weight excluding hydrogens is 202 g/mol. The molecule has 0 bridgehead atoms. The monoisotopic (exact) mass is 219 g/mol. The van der Waals surface area contributed by atoms with Crippen molar-refractivity contribution in [1.82, 2.24) is 4.98 Å². The Kier molecular flexibility index (Phi) is 2.67. The average molecular weight is 219 g/mol. The second-order valence-electron chi connectivity index (χ2n) is 4.76. The number of hydrogen-bond acceptors (Lipinski definition) is 1. The number of benzene rings is 1. The highest BCUT2D eigenvalue weighted by Crippen LogP contribution is 2.19. The topological polar surface area (TPSA) is 25.0 Å². The molecule has 0 saturated heterocycles. The van der Waals surface area contributed by atoms with E-state index in [1.54, 1.807) is 0 Å². The van der Waals surface area contributed by atoms with E-state index in [0.717, 1.165) is 6.61 Å². The molecule has 1 aromatic carbocycles. The molecule has 0 fully saturated rings. The molecule has 0 atom stereocenters. The second-order valence-corrected chi connectivity index (χ2v) is 9.27. The van der Waals surface area contributed by atoms with Gasteiger partial charge in [0.2, 0.25) is 0 Å². The van der Waals surface area contributed by atoms with E-state index in [1.807, 2.05) is 6.20 Å². The summed E-state index contributed by atoms with van der Waals surface area (Å²) in [4.78, 5) is 3.21. The van der Waals surface area contributed by atoms with Gasteiger partial charge in [-0.3, -0.25) is 0 Å². The van der Waals surface area contributed by atoms with Crippen LogP contribution in [0.1, 0.15) is 5.56 Å². The van der Waals surface area contributed by atoms with Crippen LogP contribution in [0.3, 0.4) is 0 Å². The summed E-state index contributed by atoms with van der Waals surface area (Å²) < 4.78 is 5.92. The summed E-state index contributed by atoms with van der Waals surface area (Å²) in [5.74, 6) is 0. The van der Waals surface area contributed by atoms with Crippen LogP contribution in [-0.4, -0.2) is 13.3 Å². The quantitative estimate of drug-likeness (QED) is 0.785. The van der Waals surface area contributed by atoms with Crippen LogP contribution in [-0.2, 0) is 11.0 Å². The fourth-order valence-corrected chi connectivity index (χ4v) is 2.16. The Morgan fingerprint density at radius 2 is 2.00 bits per heavy atom. The van der Waals surface area contributed by atoms with Gasteiger partial charge in [0, 0.05) is 17.1 Å². The SMILES string of the molecule is C[Si](C)(C)OCc1cccc2[nH]ccc12. The van der Waals surface area contributed by atoms with Crippen molar-refractivity contribution in [2.45, 2.75) is 26.2 Å². The lowest BCUT2D eigenvalue weighted by molar-refractivity contribution is 0.301. The number of fused-ring (bicyclic) bond motifs is 1. The molecule has 0 saturated carbocycles. The van der Waals surface area contributed by atoms with Crippen LogP contribution in [0.4, 0.5) is 0 Å². The van der Waals surface area contributed by atoms with Gasteiger partial charge in [0.1, 0.15) is 0 Å². The van der Waals surface area contributed by atoms with E-state index >= 15 is 0 Å². The summed E-state index contributed by atoms with van der Waals surface area (Å²) in [6.45, 7) is 7.36. The van der Waals surface area contributed by atoms with Gasteiger partial charge in [-0.05, 0) is 37.3 Å². The van der Waals surface area contributed by atoms with Crippen molar-refractivity contribution in [3.8, 4) is 0 Å². The predicted molar refractivity (Wildman–Crippen MR) is 66.4 cm³/mol. The van der Waals surface area contributed by atoms with Crippen LogP contribution in [0.5, 0.6) is 0 Å². The third-order valence-corrected chi connectivity index (χ3v) is 3.36. The zero-order valence-electron chi connectivity index (χ0n) is 9.50. The number of nitrogens with one attached hydrogen (secondary N) is 1. The highest BCUT2D eigenvalue weighted by Gasteiger charge is 2.14. The van der Waals surface area contributed by atoms with E-state index in [4.69, 9.17) is 4.43 Å². The van der Waals surface area contributed by atoms with Crippen LogP contribution in [0.25, 0.3) is 10.9 Å². The average Bonchev–Trinajstić information content (AvgIpc) is 2.61. The zero-order valence-corrected chi connectivity index (χ0v) is 10.5. The maximum absolute atomic E-state index is 5.92. The van der Waals surface area contributed by atoms with Gasteiger partial charge in [-0.2, -0.15) is 0 Å². The molecule has 2 rings (SSSR count). The minimum atomic E-state index is -1.42. The van der Waals surface area contributed by atoms with Gasteiger partial charge in [0.05, 0.1) is 6.61 Å². The number of rotatable bonds is 3. The van der Waals surface area contributed by atoms with E-state index in [0.29, 0.717) is 0 Å². The maximum Gasteiger partial charge on any atom is 0.184 e. The van der Waals surface area contributed by atoms with E-state index in [2.05, 4.69) is 48.9 Å². The zero-order chi connectivity index (χ0) is 10.9. The third kappa shape index (κ3) is 2.49. The fourth-order valence-electron chi connectivity index (χ4n) is 1.57. The Hall–Kier alpha value is -1.06. The highest BCUT2D eigenvalue weighted by atomic mass is 28.4. The summed E-state index contributed by atoms with van der Waals surface area (Å²) in [6.07, 6.45) is 1.97. The first-order valence-corrected chi connectivity index (χ1v) is 8.66. The lowest BCUT2D eigenvalue weighted by atomic mass is 10.1. The molecule has 80 valence electrons. The lowest BCUT2D eigenvalue weighted by Gasteiger charge is -2.17. The Morgan fingerprint density at radius 1 is 1.20 bits per heavy atom. The van der Waals surface area contributed by atoms with E-state index in [1.165, 1.54) is 16.5 Å². The normalized spacial score (nSPS) is 12.2. The molecule has 0 unspecified atom stereocenters. The predicted octanol–water partition coefficient (Wildman–Crippen LogP) is 3.52. The van der Waals surface area contributed by atoms with E-state index < -0.39 is 8.32 Å². The van der Waals surface area contributed by atoms with Gasteiger partial charge in [-0.15, -0.1) is 0 Å². The number of aromatic nitrogens is 1. The molecular formula is C12H17NOSi. The fraction of sp³-hybridized carbons (Fsp3) is 0.333. The van der Waals surface area contributed by atoms with Gasteiger partial charge in [0.25, 0.3) is 0 Å². The molecule has 1 heterocycles. The van der Waals surface area contributed by atoms with Crippen LogP contribution in [0.2, 0.25) is 19.6 Å². The van der Waals surface area contributed by atoms with Crippen molar-refractivity contribution in [1.29, 1.82) is 0 Å². The number of hydrogen-bond donors (Lipinski definition) is 1. The van der Waals surface area contributed by atoms with Gasteiger partial charge in [0.15, 0.2) is 8.32 Å². The summed E-state index contributed by atoms with van der Waals surface area (Å²) >= 11 is 0. The molecule has 1 N–H and O–H groups in total. The first kappa shape index (κ1) is 10.5. The van der Waals surface area contributed by atoms with Crippen LogP contribution >= 0.6 is 0 Å². The van der Waals surface area contributed by atoms with Gasteiger partial charge in [-0.25, -0.2) is 0 Å². The van der Waals surface area contributed by atoms with E-state index in [9.17, 15) is 0 Å². The smallest absolute Gasteiger partial charge is 0.184 e. The molecule has 0 radical (unpaired) electrons. The third-order valence-electron chi connectivity index (χ3n) is 2.35. The van der Waals surface area contributed by atoms with Gasteiger partial charge >= 0.3 is 0 Å². The number of aromatic amines is 1. The minimum absolute atomic E-state index is 0.727. The van der Waals surface area contributed by atoms with Crippen LogP contribution in [0, 0.1) is 0 Å². The van der Waals surface area contributed by atoms with Gasteiger partial charge in [-0.1, -0.05) is 12.1 Å². The first-order chi connectivity index (χ1) is 7.06. The molecule has 3 heteroatoms. The van der Waals surface area contributed by atoms with Crippen molar-refractivity contribution in [3.63, 3.8) is 0 Å². The van der Waals surface area contributed by atoms with Gasteiger partial charge < -0.3 is 9.41 Å². The lowest BCUT2D eigenvalue weighted by Crippen LogP contribution is -2.24. The van der Waals surface area contributed by atoms with Crippen LogP contribution < -0.4 is 0 Å². The molecule has 1 aromatic heterocycles. The molecule has 15 heavy (non-hydrogen) atoms. The molecule has 2 nitrogen and oxygen atoms in total. The Bertz CT molecular complexity index is 456. The molecule has 0 spiro atoms. The van der Waals surface area contributed by atoms with Crippen molar-refractivity contribution >= 4 is 19.2 Å². The molecule has 0 aliphatic heterocycles. The Labute approximate surface area is 91.4 Å². The summed E-state index contributed by atoms with van der Waals surface area (Å²) in [5.41, 5.74) is 2.46. The minimum Gasteiger partial charge on any atom is -0.413 e. The van der Waals surface area contributed by atoms with Crippen LogP contribution in [0.15, 0.2) is 30.5 Å². The number of H-pyrrole nitrogens is 1. The van der Waals surface area contributed by atoms with E-state index in [-0.39, 0.29) is 0 Å². The summed E-state index contributed by atoms with van der Waals surface area (Å²) in [5, 5.41) is 1.27. The van der Waals surface area contributed by atoms with Crippen molar-refractivity contribution in [3.05, 3.63) is 36.0 Å². The van der Waals surface area contributed by atoms with Crippen molar-refractivity contribution < 1.29 is 4.43 Å². The maximum atomic E-state index is 5.92. The first-order valence-electron chi connectivity index (χ1n) is 5.25. The Balaban J connectivity index is 2.24. The summed E-state index contributed by atoms with van der Waals surface area (Å²) in [6, 6.07) is 8.41. The molecule has 0 aliphatic carbocycles. The molecule has 2 aromatic rings. The van der Waals surface area contributed by atoms with Crippen molar-refractivity contribution in [2.75, 3.05) is 0 Å². The Morgan fingerprint density at radius 3 is 2.73 bits per heavy atom. The molecule has 0 aliphatic rings. The van der Waals surface area contributed by atoms with Crippen molar-refractivity contribution in [2.24, 2.45) is 0 Å². The highest BCUT2D eigenvalue weighted by molar-refractivity contribution is 6.69. The second kappa shape index (κ2) is 3.83. The largest absolute Gasteiger partial charge is 0.413 e. The summed E-state index contributed by atoms with van der Waals surface area (Å²) in [7, 11) is -1.42. The standard InChI is InChI=1S/C12H17NOSi/c1-15(2,3)14-9-10-5-4-6-12-11(10)7-8-13-12/h4-8,13H,9H2,1-3H3.